The van der Waals surface area contributed by atoms with Crippen LogP contribution in [0.1, 0.15) is 11.3 Å². The number of nitrogens with zero attached hydrogens (tertiary/aromatic N) is 2. The molecule has 2 aromatic rings. The van der Waals surface area contributed by atoms with Crippen molar-refractivity contribution in [2.75, 3.05) is 6.54 Å². The number of halogens is 2. The molecule has 0 aliphatic carbocycles. The molecule has 1 atom stereocenters. The van der Waals surface area contributed by atoms with Crippen molar-refractivity contribution in [3.8, 4) is 0 Å². The highest BCUT2D eigenvalue weighted by Gasteiger charge is 2.28. The summed E-state index contributed by atoms with van der Waals surface area (Å²) in [6.07, 6.45) is 2.44. The van der Waals surface area contributed by atoms with Crippen molar-refractivity contribution < 1.29 is 4.79 Å². The lowest BCUT2D eigenvalue weighted by atomic mass is 10.3. The van der Waals surface area contributed by atoms with E-state index in [-0.39, 0.29) is 24.4 Å². The van der Waals surface area contributed by atoms with E-state index in [1.165, 1.54) is 0 Å². The first kappa shape index (κ1) is 14.5. The lowest BCUT2D eigenvalue weighted by molar-refractivity contribution is -0.129. The monoisotopic (exact) mass is 317 g/mol. The van der Waals surface area contributed by atoms with Crippen molar-refractivity contribution in [2.24, 2.45) is 5.73 Å². The van der Waals surface area contributed by atoms with E-state index in [1.807, 2.05) is 12.1 Å². The van der Waals surface area contributed by atoms with Gasteiger partial charge in [0.1, 0.15) is 5.15 Å². The Hall–Kier alpha value is -0.880. The fourth-order valence-corrected chi connectivity index (χ4v) is 3.51. The Balaban J connectivity index is 0.00000133. The summed E-state index contributed by atoms with van der Waals surface area (Å²) in [6.45, 7) is 1.35. The van der Waals surface area contributed by atoms with Crippen molar-refractivity contribution in [2.45, 2.75) is 19.0 Å². The molecule has 1 aliphatic rings. The van der Waals surface area contributed by atoms with Gasteiger partial charge in [-0.25, -0.2) is 4.98 Å². The highest BCUT2D eigenvalue weighted by molar-refractivity contribution is 7.19. The Kier molecular flexibility index (Phi) is 4.30. The van der Waals surface area contributed by atoms with Crippen molar-refractivity contribution >= 4 is 51.3 Å². The second kappa shape index (κ2) is 5.63. The quantitative estimate of drug-likeness (QED) is 0.865. The van der Waals surface area contributed by atoms with Crippen LogP contribution in [0.2, 0.25) is 5.15 Å². The van der Waals surface area contributed by atoms with E-state index in [0.29, 0.717) is 11.7 Å². The first-order valence-corrected chi connectivity index (χ1v) is 6.92. The molecule has 0 radical (unpaired) electrons. The van der Waals surface area contributed by atoms with Crippen molar-refractivity contribution in [1.29, 1.82) is 0 Å². The number of likely N-dealkylation sites (tertiary alicyclic amines) is 1. The predicted octanol–water partition coefficient (Wildman–Crippen LogP) is 2.43. The van der Waals surface area contributed by atoms with Gasteiger partial charge in [0.05, 0.1) is 12.6 Å². The highest BCUT2D eigenvalue weighted by atomic mass is 35.5. The molecule has 2 aromatic heterocycles. The minimum absolute atomic E-state index is 0. The van der Waals surface area contributed by atoms with Crippen molar-refractivity contribution in [3.05, 3.63) is 28.4 Å². The average Bonchev–Trinajstić information content (AvgIpc) is 2.89. The van der Waals surface area contributed by atoms with E-state index < -0.39 is 0 Å². The van der Waals surface area contributed by atoms with Gasteiger partial charge in [0, 0.05) is 27.7 Å². The third kappa shape index (κ3) is 2.69. The SMILES string of the molecule is Cl.N[C@H]1CCN(Cc2cc3c(Cl)nccc3s2)C1=O. The Morgan fingerprint density at radius 2 is 2.37 bits per heavy atom. The number of hydrogen-bond acceptors (Lipinski definition) is 4. The zero-order valence-electron chi connectivity index (χ0n) is 10.0. The van der Waals surface area contributed by atoms with E-state index in [2.05, 4.69) is 4.98 Å². The normalized spacial score (nSPS) is 18.9. The van der Waals surface area contributed by atoms with Gasteiger partial charge < -0.3 is 10.6 Å². The number of pyridine rings is 1. The number of amides is 1. The molecule has 0 aromatic carbocycles. The summed E-state index contributed by atoms with van der Waals surface area (Å²) in [7, 11) is 0. The van der Waals surface area contributed by atoms with Gasteiger partial charge in [-0.1, -0.05) is 11.6 Å². The molecule has 1 fully saturated rings. The van der Waals surface area contributed by atoms with Gasteiger partial charge >= 0.3 is 0 Å². The predicted molar refractivity (Wildman–Crippen MR) is 79.9 cm³/mol. The molecule has 1 saturated heterocycles. The average molecular weight is 318 g/mol. The summed E-state index contributed by atoms with van der Waals surface area (Å²) in [5.41, 5.74) is 5.70. The number of nitrogens with two attached hydrogens (primary N) is 1. The van der Waals surface area contributed by atoms with Crippen LogP contribution in [0.5, 0.6) is 0 Å². The zero-order chi connectivity index (χ0) is 12.7. The first-order valence-electron chi connectivity index (χ1n) is 5.72. The van der Waals surface area contributed by atoms with Gasteiger partial charge in [-0.2, -0.15) is 0 Å². The lowest BCUT2D eigenvalue weighted by Gasteiger charge is -2.14. The molecule has 4 nitrogen and oxygen atoms in total. The molecular formula is C12H13Cl2N3OS. The maximum absolute atomic E-state index is 11.8. The summed E-state index contributed by atoms with van der Waals surface area (Å²) < 4.78 is 1.10. The Bertz CT molecular complexity index is 616. The molecule has 0 unspecified atom stereocenters. The molecule has 3 rings (SSSR count). The molecule has 2 N–H and O–H groups in total. The number of fused-ring (bicyclic) bond motifs is 1. The molecule has 102 valence electrons. The number of rotatable bonds is 2. The second-order valence-electron chi connectivity index (χ2n) is 4.38. The Morgan fingerprint density at radius 1 is 1.58 bits per heavy atom. The van der Waals surface area contributed by atoms with Crippen LogP contribution < -0.4 is 5.73 Å². The van der Waals surface area contributed by atoms with Gasteiger partial charge in [0.25, 0.3) is 0 Å². The van der Waals surface area contributed by atoms with Gasteiger partial charge in [-0.05, 0) is 18.6 Å². The topological polar surface area (TPSA) is 59.2 Å². The summed E-state index contributed by atoms with van der Waals surface area (Å²) in [5, 5.41) is 1.47. The van der Waals surface area contributed by atoms with Crippen LogP contribution in [0.3, 0.4) is 0 Å². The first-order chi connectivity index (χ1) is 8.65. The minimum Gasteiger partial charge on any atom is -0.336 e. The molecule has 0 bridgehead atoms. The molecule has 0 saturated carbocycles. The summed E-state index contributed by atoms with van der Waals surface area (Å²) >= 11 is 7.68. The number of thiophene rings is 1. The molecule has 19 heavy (non-hydrogen) atoms. The molecule has 7 heteroatoms. The number of carbonyl (C=O) groups is 1. The number of hydrogen-bond donors (Lipinski definition) is 1. The van der Waals surface area contributed by atoms with Crippen molar-refractivity contribution in [1.82, 2.24) is 9.88 Å². The summed E-state index contributed by atoms with van der Waals surface area (Å²) in [6, 6.07) is 3.61. The van der Waals surface area contributed by atoms with Crippen LogP contribution in [-0.2, 0) is 11.3 Å². The second-order valence-corrected chi connectivity index (χ2v) is 5.91. The van der Waals surface area contributed by atoms with Crippen molar-refractivity contribution in [3.63, 3.8) is 0 Å². The maximum atomic E-state index is 11.8. The highest BCUT2D eigenvalue weighted by Crippen LogP contribution is 2.30. The van der Waals surface area contributed by atoms with E-state index in [9.17, 15) is 4.79 Å². The maximum Gasteiger partial charge on any atom is 0.239 e. The van der Waals surface area contributed by atoms with Crippen LogP contribution in [0.4, 0.5) is 0 Å². The van der Waals surface area contributed by atoms with E-state index in [0.717, 1.165) is 27.9 Å². The number of aromatic nitrogens is 1. The standard InChI is InChI=1S/C12H12ClN3OS.ClH/c13-11-8-5-7(18-10(8)1-3-15-11)6-16-4-2-9(14)12(16)17;/h1,3,5,9H,2,4,6,14H2;1H/t9-;/m0./s1. The Labute approximate surface area is 126 Å². The lowest BCUT2D eigenvalue weighted by Crippen LogP contribution is -2.33. The molecule has 1 amide bonds. The van der Waals surface area contributed by atoms with Crippen LogP contribution in [0, 0.1) is 0 Å². The third-order valence-corrected chi connectivity index (χ3v) is 4.52. The largest absolute Gasteiger partial charge is 0.336 e. The fraction of sp³-hybridized carbons (Fsp3) is 0.333. The summed E-state index contributed by atoms with van der Waals surface area (Å²) in [4.78, 5) is 18.7. The van der Waals surface area contributed by atoms with Gasteiger partial charge in [0.2, 0.25) is 5.91 Å². The summed E-state index contributed by atoms with van der Waals surface area (Å²) in [5.74, 6) is 0.0386. The van der Waals surface area contributed by atoms with E-state index in [1.54, 1.807) is 22.4 Å². The van der Waals surface area contributed by atoms with Crippen LogP contribution >= 0.6 is 35.3 Å². The van der Waals surface area contributed by atoms with Crippen LogP contribution in [0.15, 0.2) is 18.3 Å². The molecule has 3 heterocycles. The van der Waals surface area contributed by atoms with Crippen LogP contribution in [-0.4, -0.2) is 28.4 Å². The smallest absolute Gasteiger partial charge is 0.239 e. The number of carbonyl (C=O) groups excluding carboxylic acids is 1. The van der Waals surface area contributed by atoms with Gasteiger partial charge in [-0.15, -0.1) is 23.7 Å². The molecule has 0 spiro atoms. The third-order valence-electron chi connectivity index (χ3n) is 3.13. The van der Waals surface area contributed by atoms with Crippen LogP contribution in [0.25, 0.3) is 10.1 Å². The van der Waals surface area contributed by atoms with E-state index >= 15 is 0 Å². The van der Waals surface area contributed by atoms with E-state index in [4.69, 9.17) is 17.3 Å². The molecule has 1 aliphatic heterocycles. The fourth-order valence-electron chi connectivity index (χ4n) is 2.17. The minimum atomic E-state index is -0.329. The molecular weight excluding hydrogens is 305 g/mol. The van der Waals surface area contributed by atoms with Gasteiger partial charge in [0.15, 0.2) is 0 Å². The zero-order valence-corrected chi connectivity index (χ0v) is 12.4. The Morgan fingerprint density at radius 3 is 3.00 bits per heavy atom. The van der Waals surface area contributed by atoms with Gasteiger partial charge in [-0.3, -0.25) is 4.79 Å².